The van der Waals surface area contributed by atoms with Crippen LogP contribution in [0.3, 0.4) is 0 Å². The van der Waals surface area contributed by atoms with Gasteiger partial charge in [-0.05, 0) is 67.2 Å². The summed E-state index contributed by atoms with van der Waals surface area (Å²) in [6, 6.07) is 4.65. The maximum Gasteiger partial charge on any atom is 0.410 e. The first-order valence-corrected chi connectivity index (χ1v) is 8.17. The number of nitrogens with two attached hydrogens (primary N) is 1. The molecule has 2 atom stereocenters. The van der Waals surface area contributed by atoms with Crippen LogP contribution in [-0.4, -0.2) is 29.2 Å². The molecule has 2 rings (SSSR count). The lowest BCUT2D eigenvalue weighted by molar-refractivity contribution is 0.00793. The molecule has 4 nitrogen and oxygen atoms in total. The van der Waals surface area contributed by atoms with E-state index in [0.29, 0.717) is 17.4 Å². The monoisotopic (exact) mass is 372 g/mol. The summed E-state index contributed by atoms with van der Waals surface area (Å²) in [5.74, 6) is -0.346. The van der Waals surface area contributed by atoms with E-state index in [2.05, 4.69) is 15.9 Å². The first-order valence-electron chi connectivity index (χ1n) is 7.37. The van der Waals surface area contributed by atoms with Crippen LogP contribution in [0.25, 0.3) is 0 Å². The predicted molar refractivity (Wildman–Crippen MR) is 87.0 cm³/mol. The van der Waals surface area contributed by atoms with E-state index >= 15 is 0 Å². The Kier molecular flexibility index (Phi) is 5.12. The number of piperidine rings is 1. The molecule has 1 aromatic carbocycles. The fourth-order valence-electron chi connectivity index (χ4n) is 2.57. The van der Waals surface area contributed by atoms with Gasteiger partial charge in [-0.2, -0.15) is 0 Å². The molecule has 0 bridgehead atoms. The summed E-state index contributed by atoms with van der Waals surface area (Å²) in [4.78, 5) is 14.1. The van der Waals surface area contributed by atoms with E-state index in [-0.39, 0.29) is 24.0 Å². The van der Waals surface area contributed by atoms with Crippen molar-refractivity contribution in [3.8, 4) is 0 Å². The van der Waals surface area contributed by atoms with Gasteiger partial charge in [0.05, 0.1) is 10.5 Å². The summed E-state index contributed by atoms with van der Waals surface area (Å²) < 4.78 is 19.7. The fourth-order valence-corrected chi connectivity index (χ4v) is 2.81. The number of carbonyl (C=O) groups excluding carboxylic acids is 1. The number of likely N-dealkylation sites (tertiary alicyclic amines) is 1. The summed E-state index contributed by atoms with van der Waals surface area (Å²) in [5.41, 5.74) is 6.21. The van der Waals surface area contributed by atoms with Crippen molar-refractivity contribution in [2.45, 2.75) is 51.3 Å². The number of halogens is 2. The summed E-state index contributed by atoms with van der Waals surface area (Å²) in [6.45, 7) is 6.00. The number of benzene rings is 1. The van der Waals surface area contributed by atoms with Crippen molar-refractivity contribution in [2.24, 2.45) is 5.73 Å². The number of amides is 1. The quantitative estimate of drug-likeness (QED) is 0.810. The number of ether oxygens (including phenoxy) is 1. The van der Waals surface area contributed by atoms with Crippen LogP contribution in [0.5, 0.6) is 0 Å². The lowest BCUT2D eigenvalue weighted by Crippen LogP contribution is -2.46. The Morgan fingerprint density at radius 2 is 2.14 bits per heavy atom. The highest BCUT2D eigenvalue weighted by atomic mass is 79.9. The van der Waals surface area contributed by atoms with Gasteiger partial charge in [0.15, 0.2) is 0 Å². The third kappa shape index (κ3) is 4.20. The molecule has 1 amide bonds. The molecule has 0 spiro atoms. The van der Waals surface area contributed by atoms with Crippen molar-refractivity contribution in [3.63, 3.8) is 0 Å². The Balaban J connectivity index is 2.26. The largest absolute Gasteiger partial charge is 0.444 e. The van der Waals surface area contributed by atoms with Crippen molar-refractivity contribution in [2.75, 3.05) is 6.54 Å². The molecule has 2 N–H and O–H groups in total. The van der Waals surface area contributed by atoms with E-state index in [0.717, 1.165) is 12.0 Å². The van der Waals surface area contributed by atoms with Crippen molar-refractivity contribution < 1.29 is 13.9 Å². The van der Waals surface area contributed by atoms with Gasteiger partial charge in [-0.1, -0.05) is 6.07 Å². The van der Waals surface area contributed by atoms with Gasteiger partial charge >= 0.3 is 6.09 Å². The van der Waals surface area contributed by atoms with Crippen molar-refractivity contribution >= 4 is 22.0 Å². The number of carbonyl (C=O) groups is 1. The summed E-state index contributed by atoms with van der Waals surface area (Å²) >= 11 is 3.14. The minimum Gasteiger partial charge on any atom is -0.444 e. The maximum absolute atomic E-state index is 13.8. The number of hydrogen-bond donors (Lipinski definition) is 1. The van der Waals surface area contributed by atoms with Gasteiger partial charge < -0.3 is 15.4 Å². The van der Waals surface area contributed by atoms with E-state index in [1.54, 1.807) is 11.0 Å². The van der Waals surface area contributed by atoms with Crippen LogP contribution in [0.4, 0.5) is 9.18 Å². The number of nitrogens with zero attached hydrogens (tertiary/aromatic N) is 1. The molecule has 22 heavy (non-hydrogen) atoms. The lowest BCUT2D eigenvalue weighted by atomic mass is 9.92. The molecule has 1 saturated heterocycles. The van der Waals surface area contributed by atoms with Crippen molar-refractivity contribution in [3.05, 3.63) is 34.1 Å². The molecule has 6 heteroatoms. The highest BCUT2D eigenvalue weighted by Crippen LogP contribution is 2.33. The molecule has 1 fully saturated rings. The van der Waals surface area contributed by atoms with Gasteiger partial charge in [-0.15, -0.1) is 0 Å². The number of hydrogen-bond acceptors (Lipinski definition) is 3. The zero-order valence-corrected chi connectivity index (χ0v) is 14.7. The molecule has 122 valence electrons. The Morgan fingerprint density at radius 3 is 2.73 bits per heavy atom. The van der Waals surface area contributed by atoms with Crippen molar-refractivity contribution in [1.82, 2.24) is 4.90 Å². The summed E-state index contributed by atoms with van der Waals surface area (Å²) in [6.07, 6.45) is 0.933. The molecule has 0 saturated carbocycles. The van der Waals surface area contributed by atoms with Gasteiger partial charge in [0, 0.05) is 12.6 Å². The molecule has 1 aliphatic rings. The van der Waals surface area contributed by atoms with Crippen LogP contribution >= 0.6 is 15.9 Å². The highest BCUT2D eigenvalue weighted by molar-refractivity contribution is 9.10. The van der Waals surface area contributed by atoms with Crippen LogP contribution in [0, 0.1) is 5.82 Å². The zero-order valence-electron chi connectivity index (χ0n) is 13.1. The molecule has 1 aliphatic heterocycles. The minimum absolute atomic E-state index is 0.00426. The maximum atomic E-state index is 13.8. The fraction of sp³-hybridized carbons (Fsp3) is 0.562. The molecular formula is C16H22BrFN2O2. The molecular weight excluding hydrogens is 351 g/mol. The third-order valence-electron chi connectivity index (χ3n) is 3.60. The van der Waals surface area contributed by atoms with Gasteiger partial charge in [0.2, 0.25) is 0 Å². The Bertz CT molecular complexity index is 560. The molecule has 0 aliphatic carbocycles. The van der Waals surface area contributed by atoms with E-state index in [1.807, 2.05) is 26.8 Å². The second-order valence-corrected chi connectivity index (χ2v) is 7.50. The van der Waals surface area contributed by atoms with Crippen molar-refractivity contribution in [1.29, 1.82) is 0 Å². The van der Waals surface area contributed by atoms with E-state index in [4.69, 9.17) is 10.5 Å². The Hall–Kier alpha value is -1.14. The Morgan fingerprint density at radius 1 is 1.45 bits per heavy atom. The highest BCUT2D eigenvalue weighted by Gasteiger charge is 2.34. The van der Waals surface area contributed by atoms with Gasteiger partial charge in [0.25, 0.3) is 0 Å². The van der Waals surface area contributed by atoms with Crippen LogP contribution in [0.15, 0.2) is 22.7 Å². The van der Waals surface area contributed by atoms with Gasteiger partial charge in [0.1, 0.15) is 11.4 Å². The molecule has 2 unspecified atom stereocenters. The molecule has 1 heterocycles. The van der Waals surface area contributed by atoms with Gasteiger partial charge in [-0.25, -0.2) is 9.18 Å². The van der Waals surface area contributed by atoms with E-state index in [9.17, 15) is 9.18 Å². The van der Waals surface area contributed by atoms with Crippen LogP contribution < -0.4 is 5.73 Å². The smallest absolute Gasteiger partial charge is 0.410 e. The summed E-state index contributed by atoms with van der Waals surface area (Å²) in [5, 5.41) is 0. The topological polar surface area (TPSA) is 55.6 Å². The lowest BCUT2D eigenvalue weighted by Gasteiger charge is -2.39. The minimum atomic E-state index is -0.563. The van der Waals surface area contributed by atoms with E-state index < -0.39 is 5.60 Å². The first-order chi connectivity index (χ1) is 10.2. The van der Waals surface area contributed by atoms with Crippen LogP contribution in [0.2, 0.25) is 0 Å². The molecule has 0 aromatic heterocycles. The molecule has 1 aromatic rings. The second-order valence-electron chi connectivity index (χ2n) is 6.65. The van der Waals surface area contributed by atoms with E-state index in [1.165, 1.54) is 6.07 Å². The van der Waals surface area contributed by atoms with Gasteiger partial charge in [-0.3, -0.25) is 0 Å². The van der Waals surface area contributed by atoms with Crippen LogP contribution in [-0.2, 0) is 4.74 Å². The first kappa shape index (κ1) is 17.2. The predicted octanol–water partition coefficient (Wildman–Crippen LogP) is 3.99. The average Bonchev–Trinajstić information content (AvgIpc) is 2.39. The average molecular weight is 373 g/mol. The SMILES string of the molecule is CC(C)(C)OC(=O)N1CCC(N)CC1c1ccc(Br)c(F)c1. The molecule has 0 radical (unpaired) electrons. The van der Waals surface area contributed by atoms with Crippen LogP contribution in [0.1, 0.15) is 45.2 Å². The normalized spacial score (nSPS) is 22.5. The number of rotatable bonds is 1. The zero-order chi connectivity index (χ0) is 16.5. The standard InChI is InChI=1S/C16H22BrFN2O2/c1-16(2,3)22-15(21)20-7-6-11(19)9-14(20)10-4-5-12(17)13(18)8-10/h4-5,8,11,14H,6-7,9,19H2,1-3H3. The summed E-state index contributed by atoms with van der Waals surface area (Å²) in [7, 11) is 0. The Labute approximate surface area is 138 Å². The third-order valence-corrected chi connectivity index (χ3v) is 4.24. The second kappa shape index (κ2) is 6.54.